The van der Waals surface area contributed by atoms with Crippen molar-refractivity contribution in [1.82, 2.24) is 5.32 Å². The fraction of sp³-hybridized carbons (Fsp3) is 0.500. The van der Waals surface area contributed by atoms with Crippen LogP contribution in [0.3, 0.4) is 0 Å². The molecular formula is C16H20F3NO4. The lowest BCUT2D eigenvalue weighted by Crippen LogP contribution is -2.40. The molecule has 2 atom stereocenters. The van der Waals surface area contributed by atoms with Gasteiger partial charge in [-0.1, -0.05) is 19.1 Å². The maximum absolute atomic E-state index is 12.5. The first kappa shape index (κ1) is 20.0. The Hall–Kier alpha value is -2.09. The van der Waals surface area contributed by atoms with Gasteiger partial charge in [0.05, 0.1) is 12.1 Å². The highest BCUT2D eigenvalue weighted by Crippen LogP contribution is 2.29. The quantitative estimate of drug-likeness (QED) is 0.758. The second-order valence-corrected chi connectivity index (χ2v) is 5.31. The van der Waals surface area contributed by atoms with Crippen LogP contribution in [0.5, 0.6) is 0 Å². The van der Waals surface area contributed by atoms with Crippen LogP contribution in [0.25, 0.3) is 0 Å². The zero-order valence-corrected chi connectivity index (χ0v) is 13.4. The largest absolute Gasteiger partial charge is 0.479 e. The Kier molecular flexibility index (Phi) is 7.21. The van der Waals surface area contributed by atoms with Gasteiger partial charge in [0.2, 0.25) is 5.91 Å². The number of halogens is 3. The van der Waals surface area contributed by atoms with Gasteiger partial charge in [0.1, 0.15) is 0 Å². The third kappa shape index (κ3) is 5.84. The highest BCUT2D eigenvalue weighted by Gasteiger charge is 2.30. The summed E-state index contributed by atoms with van der Waals surface area (Å²) in [5.41, 5.74) is -0.139. The molecule has 0 aliphatic rings. The minimum Gasteiger partial charge on any atom is -0.479 e. The van der Waals surface area contributed by atoms with E-state index in [1.54, 1.807) is 6.92 Å². The Morgan fingerprint density at radius 2 is 1.83 bits per heavy atom. The molecular weight excluding hydrogens is 327 g/mol. The molecule has 0 radical (unpaired) electrons. The number of carboxylic acid groups (broad SMARTS) is 1. The summed E-state index contributed by atoms with van der Waals surface area (Å²) in [5, 5.41) is 11.3. The maximum Gasteiger partial charge on any atom is 0.416 e. The number of rotatable bonds is 8. The fourth-order valence-electron chi connectivity index (χ4n) is 2.15. The van der Waals surface area contributed by atoms with Gasteiger partial charge in [-0.25, -0.2) is 4.79 Å². The van der Waals surface area contributed by atoms with Crippen LogP contribution < -0.4 is 5.32 Å². The number of ether oxygens (including phenoxy) is 1. The molecule has 0 aliphatic carbocycles. The summed E-state index contributed by atoms with van der Waals surface area (Å²) in [6.07, 6.45) is -4.80. The van der Waals surface area contributed by atoms with Crippen molar-refractivity contribution >= 4 is 11.9 Å². The summed E-state index contributed by atoms with van der Waals surface area (Å²) < 4.78 is 42.3. The zero-order valence-electron chi connectivity index (χ0n) is 13.4. The van der Waals surface area contributed by atoms with E-state index >= 15 is 0 Å². The van der Waals surface area contributed by atoms with Gasteiger partial charge in [0, 0.05) is 13.0 Å². The van der Waals surface area contributed by atoms with Crippen molar-refractivity contribution in [1.29, 1.82) is 0 Å². The average Bonchev–Trinajstić information content (AvgIpc) is 2.52. The molecule has 0 spiro atoms. The Morgan fingerprint density at radius 1 is 1.25 bits per heavy atom. The number of methoxy groups -OCH3 is 1. The number of hydrogen-bond acceptors (Lipinski definition) is 3. The molecule has 1 amide bonds. The first-order valence-electron chi connectivity index (χ1n) is 7.38. The molecule has 24 heavy (non-hydrogen) atoms. The minimum absolute atomic E-state index is 0.172. The number of aliphatic carboxylic acids is 1. The molecule has 0 bridgehead atoms. The van der Waals surface area contributed by atoms with E-state index in [-0.39, 0.29) is 18.9 Å². The van der Waals surface area contributed by atoms with E-state index in [0.717, 1.165) is 12.1 Å². The number of amides is 1. The van der Waals surface area contributed by atoms with E-state index < -0.39 is 29.7 Å². The molecule has 2 N–H and O–H groups in total. The Labute approximate surface area is 137 Å². The van der Waals surface area contributed by atoms with Crippen LogP contribution in [0.1, 0.15) is 24.5 Å². The SMILES string of the molecule is CCC(Cc1ccc(C(F)(F)F)cc1)C(=O)NCC(OC)C(=O)O. The lowest BCUT2D eigenvalue weighted by atomic mass is 9.95. The summed E-state index contributed by atoms with van der Waals surface area (Å²) in [5.74, 6) is -2.01. The molecule has 1 rings (SSSR count). The van der Waals surface area contributed by atoms with Crippen molar-refractivity contribution < 1.29 is 32.6 Å². The van der Waals surface area contributed by atoms with E-state index in [1.807, 2.05) is 0 Å². The van der Waals surface area contributed by atoms with Crippen LogP contribution >= 0.6 is 0 Å². The Bertz CT molecular complexity index is 557. The van der Waals surface area contributed by atoms with Crippen molar-refractivity contribution in [2.45, 2.75) is 32.0 Å². The Balaban J connectivity index is 2.66. The predicted octanol–water partition coefficient (Wildman–Crippen LogP) is 2.49. The molecule has 134 valence electrons. The molecule has 5 nitrogen and oxygen atoms in total. The van der Waals surface area contributed by atoms with Gasteiger partial charge >= 0.3 is 12.1 Å². The summed E-state index contributed by atoms with van der Waals surface area (Å²) >= 11 is 0. The predicted molar refractivity (Wildman–Crippen MR) is 80.4 cm³/mol. The fourth-order valence-corrected chi connectivity index (χ4v) is 2.15. The minimum atomic E-state index is -4.40. The summed E-state index contributed by atoms with van der Waals surface area (Å²) in [4.78, 5) is 22.9. The lowest BCUT2D eigenvalue weighted by molar-refractivity contribution is -0.148. The van der Waals surface area contributed by atoms with Gasteiger partial charge < -0.3 is 15.2 Å². The second-order valence-electron chi connectivity index (χ2n) is 5.31. The molecule has 0 heterocycles. The third-order valence-corrected chi connectivity index (χ3v) is 3.65. The monoisotopic (exact) mass is 347 g/mol. The van der Waals surface area contributed by atoms with Crippen molar-refractivity contribution in [2.75, 3.05) is 13.7 Å². The molecule has 0 aromatic heterocycles. The second kappa shape index (κ2) is 8.68. The van der Waals surface area contributed by atoms with Crippen molar-refractivity contribution in [2.24, 2.45) is 5.92 Å². The van der Waals surface area contributed by atoms with Crippen molar-refractivity contribution in [3.8, 4) is 0 Å². The van der Waals surface area contributed by atoms with E-state index in [1.165, 1.54) is 19.2 Å². The van der Waals surface area contributed by atoms with Gasteiger partial charge in [-0.2, -0.15) is 13.2 Å². The van der Waals surface area contributed by atoms with Gasteiger partial charge in [0.15, 0.2) is 6.10 Å². The first-order chi connectivity index (χ1) is 11.2. The van der Waals surface area contributed by atoms with Crippen LogP contribution in [-0.4, -0.2) is 36.7 Å². The van der Waals surface area contributed by atoms with Crippen LogP contribution in [0.2, 0.25) is 0 Å². The topological polar surface area (TPSA) is 75.6 Å². The molecule has 0 aliphatic heterocycles. The number of hydrogen-bond donors (Lipinski definition) is 2. The van der Waals surface area contributed by atoms with Crippen molar-refractivity contribution in [3.05, 3.63) is 35.4 Å². The smallest absolute Gasteiger partial charge is 0.416 e. The molecule has 0 saturated carbocycles. The number of benzene rings is 1. The zero-order chi connectivity index (χ0) is 18.3. The molecule has 8 heteroatoms. The summed E-state index contributed by atoms with van der Waals surface area (Å²) in [6, 6.07) is 4.64. The van der Waals surface area contributed by atoms with Crippen LogP contribution in [0, 0.1) is 5.92 Å². The maximum atomic E-state index is 12.5. The summed E-state index contributed by atoms with van der Waals surface area (Å²) in [7, 11) is 1.23. The number of carboxylic acids is 1. The molecule has 0 saturated heterocycles. The lowest BCUT2D eigenvalue weighted by Gasteiger charge is -2.17. The molecule has 2 unspecified atom stereocenters. The molecule has 1 aromatic rings. The normalized spacial score (nSPS) is 14.0. The molecule has 1 aromatic carbocycles. The highest BCUT2D eigenvalue weighted by atomic mass is 19.4. The number of carbonyl (C=O) groups excluding carboxylic acids is 1. The summed E-state index contributed by atoms with van der Waals surface area (Å²) in [6.45, 7) is 1.60. The number of carbonyl (C=O) groups is 2. The molecule has 0 fully saturated rings. The van der Waals surface area contributed by atoms with Gasteiger partial charge in [0.25, 0.3) is 0 Å². The van der Waals surface area contributed by atoms with Crippen LogP contribution in [0.4, 0.5) is 13.2 Å². The van der Waals surface area contributed by atoms with Gasteiger partial charge in [-0.3, -0.25) is 4.79 Å². The highest BCUT2D eigenvalue weighted by molar-refractivity contribution is 5.80. The van der Waals surface area contributed by atoms with Gasteiger partial charge in [-0.05, 0) is 30.5 Å². The van der Waals surface area contributed by atoms with Gasteiger partial charge in [-0.15, -0.1) is 0 Å². The van der Waals surface area contributed by atoms with E-state index in [9.17, 15) is 22.8 Å². The number of alkyl halides is 3. The van der Waals surface area contributed by atoms with E-state index in [0.29, 0.717) is 12.0 Å². The van der Waals surface area contributed by atoms with Crippen LogP contribution in [-0.2, 0) is 26.9 Å². The van der Waals surface area contributed by atoms with Crippen molar-refractivity contribution in [3.63, 3.8) is 0 Å². The van der Waals surface area contributed by atoms with E-state index in [2.05, 4.69) is 5.32 Å². The first-order valence-corrected chi connectivity index (χ1v) is 7.38. The Morgan fingerprint density at radius 3 is 2.25 bits per heavy atom. The van der Waals surface area contributed by atoms with E-state index in [4.69, 9.17) is 9.84 Å². The average molecular weight is 347 g/mol. The van der Waals surface area contributed by atoms with Crippen LogP contribution in [0.15, 0.2) is 24.3 Å². The third-order valence-electron chi connectivity index (χ3n) is 3.65. The number of nitrogens with one attached hydrogen (secondary N) is 1. The standard InChI is InChI=1S/C16H20F3NO4/c1-3-11(14(21)20-9-13(24-2)15(22)23)8-10-4-6-12(7-5-10)16(17,18)19/h4-7,11,13H,3,8-9H2,1-2H3,(H,20,21)(H,22,23).